The van der Waals surface area contributed by atoms with Crippen molar-refractivity contribution in [1.29, 1.82) is 0 Å². The Morgan fingerprint density at radius 1 is 1.50 bits per heavy atom. The molecule has 3 heteroatoms. The summed E-state index contributed by atoms with van der Waals surface area (Å²) in [5.74, 6) is -0.0228. The van der Waals surface area contributed by atoms with Crippen molar-refractivity contribution in [2.45, 2.75) is 20.5 Å². The van der Waals surface area contributed by atoms with Gasteiger partial charge in [0.1, 0.15) is 18.6 Å². The molecule has 1 rings (SSSR count). The Labute approximate surface area is 83.4 Å². The summed E-state index contributed by atoms with van der Waals surface area (Å²) in [6.45, 7) is 4.18. The lowest BCUT2D eigenvalue weighted by Gasteiger charge is -1.99. The van der Waals surface area contributed by atoms with Crippen molar-refractivity contribution < 1.29 is 9.23 Å². The fourth-order valence-electron chi connectivity index (χ4n) is 0.876. The first-order chi connectivity index (χ1) is 6.68. The molecule has 14 heavy (non-hydrogen) atoms. The zero-order valence-corrected chi connectivity index (χ0v) is 8.33. The molecule has 0 fully saturated rings. The molecule has 75 valence electrons. The zero-order chi connectivity index (χ0) is 10.4. The number of hydrogen-bond donors (Lipinski definition) is 0. The van der Waals surface area contributed by atoms with Gasteiger partial charge < -0.3 is 4.84 Å². The first kappa shape index (κ1) is 10.7. The van der Waals surface area contributed by atoms with Gasteiger partial charge in [0.05, 0.1) is 0 Å². The molecular weight excluding hydrogens is 181 g/mol. The third-order valence-corrected chi connectivity index (χ3v) is 1.50. The van der Waals surface area contributed by atoms with E-state index >= 15 is 0 Å². The molecule has 0 aliphatic rings. The van der Waals surface area contributed by atoms with E-state index in [1.54, 1.807) is 12.1 Å². The molecule has 0 aliphatic carbocycles. The van der Waals surface area contributed by atoms with Crippen molar-refractivity contribution in [3.05, 3.63) is 35.6 Å². The van der Waals surface area contributed by atoms with Crippen LogP contribution in [0.25, 0.3) is 0 Å². The van der Waals surface area contributed by atoms with Crippen molar-refractivity contribution in [2.75, 3.05) is 0 Å². The van der Waals surface area contributed by atoms with Crippen LogP contribution in [0.5, 0.6) is 0 Å². The maximum atomic E-state index is 12.7. The first-order valence-electron chi connectivity index (χ1n) is 4.50. The normalized spacial score (nSPS) is 11.1. The number of benzene rings is 1. The van der Waals surface area contributed by atoms with E-state index in [1.165, 1.54) is 12.1 Å². The molecule has 2 nitrogen and oxygen atoms in total. The summed E-state index contributed by atoms with van der Waals surface area (Å²) in [7, 11) is 0. The van der Waals surface area contributed by atoms with Crippen LogP contribution in [0, 0.1) is 11.7 Å². The highest BCUT2D eigenvalue weighted by Crippen LogP contribution is 2.04. The lowest BCUT2D eigenvalue weighted by molar-refractivity contribution is 0.130. The minimum absolute atomic E-state index is 0.238. The van der Waals surface area contributed by atoms with Gasteiger partial charge >= 0.3 is 0 Å². The SMILES string of the molecule is CC(C)/[C]=N\OCc1cccc(F)c1. The van der Waals surface area contributed by atoms with E-state index in [1.807, 2.05) is 13.8 Å². The van der Waals surface area contributed by atoms with Crippen LogP contribution in [0.3, 0.4) is 0 Å². The van der Waals surface area contributed by atoms with Gasteiger partial charge in [-0.3, -0.25) is 0 Å². The van der Waals surface area contributed by atoms with E-state index in [0.717, 1.165) is 5.56 Å². The fourth-order valence-corrected chi connectivity index (χ4v) is 0.876. The Bertz CT molecular complexity index is 310. The molecule has 0 aromatic heterocycles. The van der Waals surface area contributed by atoms with Crippen LogP contribution in [0.2, 0.25) is 0 Å². The quantitative estimate of drug-likeness (QED) is 0.533. The third kappa shape index (κ3) is 4.03. The predicted molar refractivity (Wildman–Crippen MR) is 53.5 cm³/mol. The Hall–Kier alpha value is -1.38. The van der Waals surface area contributed by atoms with Gasteiger partial charge in [0, 0.05) is 5.92 Å². The lowest BCUT2D eigenvalue weighted by atomic mass is 10.2. The Morgan fingerprint density at radius 2 is 2.29 bits per heavy atom. The van der Waals surface area contributed by atoms with Gasteiger partial charge in [-0.15, -0.1) is 0 Å². The highest BCUT2D eigenvalue weighted by Gasteiger charge is 1.94. The summed E-state index contributed by atoms with van der Waals surface area (Å²) in [6, 6.07) is 6.25. The Morgan fingerprint density at radius 3 is 2.93 bits per heavy atom. The van der Waals surface area contributed by atoms with Crippen LogP contribution in [0.4, 0.5) is 4.39 Å². The number of halogens is 1. The number of nitrogens with zero attached hydrogens (tertiary/aromatic N) is 1. The molecule has 0 aliphatic heterocycles. The molecule has 0 unspecified atom stereocenters. The molecule has 0 amide bonds. The molecule has 0 N–H and O–H groups in total. The summed E-state index contributed by atoms with van der Waals surface area (Å²) < 4.78 is 12.7. The highest BCUT2D eigenvalue weighted by atomic mass is 19.1. The van der Waals surface area contributed by atoms with Gasteiger partial charge in [0.25, 0.3) is 0 Å². The van der Waals surface area contributed by atoms with E-state index in [9.17, 15) is 4.39 Å². The van der Waals surface area contributed by atoms with Gasteiger partial charge in [-0.1, -0.05) is 31.1 Å². The van der Waals surface area contributed by atoms with E-state index in [4.69, 9.17) is 4.84 Å². The van der Waals surface area contributed by atoms with Gasteiger partial charge in [0.15, 0.2) is 0 Å². The maximum Gasteiger partial charge on any atom is 0.142 e. The maximum absolute atomic E-state index is 12.7. The van der Waals surface area contributed by atoms with Gasteiger partial charge in [0.2, 0.25) is 0 Å². The summed E-state index contributed by atoms with van der Waals surface area (Å²) >= 11 is 0. The monoisotopic (exact) mass is 194 g/mol. The smallest absolute Gasteiger partial charge is 0.142 e. The van der Waals surface area contributed by atoms with E-state index in [2.05, 4.69) is 11.4 Å². The van der Waals surface area contributed by atoms with Crippen molar-refractivity contribution in [3.8, 4) is 0 Å². The largest absolute Gasteiger partial charge is 0.391 e. The summed E-state index contributed by atoms with van der Waals surface area (Å²) in [5, 5.41) is 3.62. The molecule has 1 aromatic carbocycles. The minimum atomic E-state index is -0.261. The third-order valence-electron chi connectivity index (χ3n) is 1.50. The van der Waals surface area contributed by atoms with E-state index in [0.29, 0.717) is 0 Å². The van der Waals surface area contributed by atoms with Crippen LogP contribution in [0.1, 0.15) is 19.4 Å². The molecular formula is C11H13FNO. The molecule has 0 saturated heterocycles. The van der Waals surface area contributed by atoms with Crippen molar-refractivity contribution in [1.82, 2.24) is 0 Å². The Balaban J connectivity index is 2.38. The molecule has 1 aromatic rings. The van der Waals surface area contributed by atoms with Gasteiger partial charge in [-0.05, 0) is 17.7 Å². The van der Waals surface area contributed by atoms with Crippen LogP contribution >= 0.6 is 0 Å². The minimum Gasteiger partial charge on any atom is -0.391 e. The predicted octanol–water partition coefficient (Wildman–Crippen LogP) is 2.86. The van der Waals surface area contributed by atoms with E-state index in [-0.39, 0.29) is 18.3 Å². The van der Waals surface area contributed by atoms with Gasteiger partial charge in [-0.25, -0.2) is 4.39 Å². The fraction of sp³-hybridized carbons (Fsp3) is 0.364. The van der Waals surface area contributed by atoms with Crippen LogP contribution in [0.15, 0.2) is 29.4 Å². The summed E-state index contributed by atoms with van der Waals surface area (Å²) in [5.41, 5.74) is 0.763. The second-order valence-corrected chi connectivity index (χ2v) is 3.28. The topological polar surface area (TPSA) is 21.6 Å². The zero-order valence-electron chi connectivity index (χ0n) is 8.33. The van der Waals surface area contributed by atoms with Crippen molar-refractivity contribution in [2.24, 2.45) is 11.1 Å². The van der Waals surface area contributed by atoms with Crippen molar-refractivity contribution in [3.63, 3.8) is 0 Å². The van der Waals surface area contributed by atoms with Crippen LogP contribution in [-0.2, 0) is 11.4 Å². The lowest BCUT2D eigenvalue weighted by Crippen LogP contribution is -1.91. The Kier molecular flexibility index (Phi) is 4.11. The molecule has 1 radical (unpaired) electrons. The van der Waals surface area contributed by atoms with Crippen LogP contribution < -0.4 is 0 Å². The summed E-state index contributed by atoms with van der Waals surface area (Å²) in [6.07, 6.45) is 2.74. The summed E-state index contributed by atoms with van der Waals surface area (Å²) in [4.78, 5) is 4.93. The van der Waals surface area contributed by atoms with Gasteiger partial charge in [-0.2, -0.15) is 0 Å². The average molecular weight is 194 g/mol. The van der Waals surface area contributed by atoms with Crippen molar-refractivity contribution >= 4 is 6.21 Å². The highest BCUT2D eigenvalue weighted by molar-refractivity contribution is 5.58. The molecule has 0 bridgehead atoms. The first-order valence-corrected chi connectivity index (χ1v) is 4.50. The standard InChI is InChI=1S/C11H13FNO/c1-9(2)7-13-14-8-10-4-3-5-11(12)6-10/h3-6,9H,8H2,1-2H3. The van der Waals surface area contributed by atoms with E-state index < -0.39 is 0 Å². The second kappa shape index (κ2) is 5.37. The molecule has 0 heterocycles. The molecule has 0 saturated carbocycles. The molecule has 0 spiro atoms. The second-order valence-electron chi connectivity index (χ2n) is 3.28. The molecule has 0 atom stereocenters. The van der Waals surface area contributed by atoms with Crippen LogP contribution in [-0.4, -0.2) is 6.21 Å². The number of hydrogen-bond acceptors (Lipinski definition) is 2. The average Bonchev–Trinajstić information content (AvgIpc) is 2.12. The number of rotatable bonds is 4.